The Kier molecular flexibility index (Phi) is 3.99. The molecule has 1 rings (SSSR count). The monoisotopic (exact) mass is 227 g/mol. The van der Waals surface area contributed by atoms with Gasteiger partial charge in [-0.25, -0.2) is 4.21 Å². The van der Waals surface area contributed by atoms with Gasteiger partial charge in [-0.1, -0.05) is 6.07 Å². The minimum Gasteiger partial charge on any atom is -0.326 e. The highest BCUT2D eigenvalue weighted by Gasteiger charge is 2.03. The molecule has 0 aliphatic rings. The van der Waals surface area contributed by atoms with Gasteiger partial charge in [0.1, 0.15) is 0 Å². The van der Waals surface area contributed by atoms with Crippen LogP contribution < -0.4 is 5.32 Å². The molecule has 0 fully saturated rings. The van der Waals surface area contributed by atoms with E-state index in [0.717, 1.165) is 11.1 Å². The molecule has 1 atom stereocenters. The van der Waals surface area contributed by atoms with Crippen LogP contribution in [0.5, 0.6) is 0 Å². The number of nitrogens with one attached hydrogen (secondary N) is 1. The van der Waals surface area contributed by atoms with Crippen LogP contribution in [0.15, 0.2) is 18.2 Å². The second-order valence-corrected chi connectivity index (χ2v) is 4.22. The topological polar surface area (TPSA) is 66.4 Å². The van der Waals surface area contributed by atoms with E-state index < -0.39 is 11.1 Å². The second kappa shape index (κ2) is 5.04. The lowest BCUT2D eigenvalue weighted by molar-refractivity contribution is -0.114. The third-order valence-corrected chi connectivity index (χ3v) is 2.50. The highest BCUT2D eigenvalue weighted by molar-refractivity contribution is 7.78. The number of anilines is 1. The summed E-state index contributed by atoms with van der Waals surface area (Å²) in [6.45, 7) is 3.28. The highest BCUT2D eigenvalue weighted by Crippen LogP contribution is 2.16. The van der Waals surface area contributed by atoms with Gasteiger partial charge in [-0.2, -0.15) is 0 Å². The average Bonchev–Trinajstić information content (AvgIpc) is 2.08. The van der Waals surface area contributed by atoms with Gasteiger partial charge in [-0.15, -0.1) is 0 Å². The lowest BCUT2D eigenvalue weighted by atomic mass is 10.1. The molecule has 0 aliphatic carbocycles. The smallest absolute Gasteiger partial charge is 0.221 e. The van der Waals surface area contributed by atoms with Gasteiger partial charge in [0, 0.05) is 12.6 Å². The van der Waals surface area contributed by atoms with E-state index in [1.807, 2.05) is 6.92 Å². The van der Waals surface area contributed by atoms with Crippen molar-refractivity contribution in [3.63, 3.8) is 0 Å². The molecule has 5 heteroatoms. The molecule has 0 spiro atoms. The average molecular weight is 227 g/mol. The Balaban J connectivity index is 2.87. The summed E-state index contributed by atoms with van der Waals surface area (Å²) in [7, 11) is 0. The van der Waals surface area contributed by atoms with Crippen molar-refractivity contribution < 1.29 is 13.6 Å². The molecule has 0 aromatic heterocycles. The van der Waals surface area contributed by atoms with E-state index in [9.17, 15) is 9.00 Å². The van der Waals surface area contributed by atoms with Crippen molar-refractivity contribution in [1.82, 2.24) is 0 Å². The Morgan fingerprint density at radius 1 is 1.53 bits per heavy atom. The number of rotatable bonds is 3. The summed E-state index contributed by atoms with van der Waals surface area (Å²) in [6.07, 6.45) is 0. The zero-order chi connectivity index (χ0) is 11.4. The van der Waals surface area contributed by atoms with Crippen LogP contribution in [0.4, 0.5) is 5.69 Å². The first-order valence-corrected chi connectivity index (χ1v) is 5.71. The summed E-state index contributed by atoms with van der Waals surface area (Å²) in [5, 5.41) is 2.65. The molecule has 0 saturated carbocycles. The van der Waals surface area contributed by atoms with Crippen LogP contribution in [0.25, 0.3) is 0 Å². The first-order valence-electron chi connectivity index (χ1n) is 4.43. The van der Waals surface area contributed by atoms with Crippen molar-refractivity contribution in [3.8, 4) is 0 Å². The summed E-state index contributed by atoms with van der Waals surface area (Å²) in [4.78, 5) is 10.8. The molecule has 0 aliphatic heterocycles. The van der Waals surface area contributed by atoms with Gasteiger partial charge in [-0.3, -0.25) is 4.79 Å². The van der Waals surface area contributed by atoms with E-state index in [-0.39, 0.29) is 11.7 Å². The maximum atomic E-state index is 10.8. The summed E-state index contributed by atoms with van der Waals surface area (Å²) >= 11 is -1.83. The molecule has 1 amide bonds. The van der Waals surface area contributed by atoms with E-state index >= 15 is 0 Å². The molecule has 0 saturated heterocycles. The third kappa shape index (κ3) is 3.81. The van der Waals surface area contributed by atoms with Gasteiger partial charge in [0.2, 0.25) is 5.91 Å². The molecule has 1 unspecified atom stereocenters. The fourth-order valence-corrected chi connectivity index (χ4v) is 1.86. The molecule has 0 bridgehead atoms. The predicted octanol–water partition coefficient (Wildman–Crippen LogP) is 1.68. The number of hydrogen-bond donors (Lipinski definition) is 2. The summed E-state index contributed by atoms with van der Waals surface area (Å²) < 4.78 is 19.4. The van der Waals surface area contributed by atoms with Gasteiger partial charge < -0.3 is 9.87 Å². The van der Waals surface area contributed by atoms with Crippen molar-refractivity contribution in [3.05, 3.63) is 29.3 Å². The number of benzene rings is 1. The number of hydrogen-bond acceptors (Lipinski definition) is 2. The van der Waals surface area contributed by atoms with Crippen molar-refractivity contribution in [2.24, 2.45) is 0 Å². The van der Waals surface area contributed by atoms with E-state index in [0.29, 0.717) is 5.69 Å². The summed E-state index contributed by atoms with van der Waals surface area (Å²) in [5.41, 5.74) is 2.40. The molecule has 1 aromatic rings. The number of amides is 1. The normalized spacial score (nSPS) is 12.2. The Hall–Kier alpha value is -1.20. The molecular formula is C10H13NO3S. The summed E-state index contributed by atoms with van der Waals surface area (Å²) in [6, 6.07) is 5.24. The Labute approximate surface area is 91.0 Å². The minimum absolute atomic E-state index is 0.117. The maximum Gasteiger partial charge on any atom is 0.221 e. The first kappa shape index (κ1) is 11.9. The van der Waals surface area contributed by atoms with E-state index in [2.05, 4.69) is 5.32 Å². The molecular weight excluding hydrogens is 214 g/mol. The summed E-state index contributed by atoms with van der Waals surface area (Å²) in [5.74, 6) is -0.0143. The van der Waals surface area contributed by atoms with Crippen LogP contribution in [-0.2, 0) is 21.6 Å². The lowest BCUT2D eigenvalue weighted by Crippen LogP contribution is -2.06. The van der Waals surface area contributed by atoms with Crippen molar-refractivity contribution in [1.29, 1.82) is 0 Å². The second-order valence-electron chi connectivity index (χ2n) is 3.29. The van der Waals surface area contributed by atoms with E-state index in [4.69, 9.17) is 4.55 Å². The molecule has 4 nitrogen and oxygen atoms in total. The molecule has 82 valence electrons. The predicted molar refractivity (Wildman–Crippen MR) is 60.0 cm³/mol. The number of aryl methyl sites for hydroxylation is 1. The van der Waals surface area contributed by atoms with E-state index in [1.54, 1.807) is 18.2 Å². The van der Waals surface area contributed by atoms with Crippen LogP contribution in [-0.4, -0.2) is 14.7 Å². The van der Waals surface area contributed by atoms with Crippen LogP contribution in [0.3, 0.4) is 0 Å². The standard InChI is InChI=1S/C10H13NO3S/c1-7-5-10(11-8(2)12)4-3-9(7)6-15(13)14/h3-5H,6H2,1-2H3,(H,11,12)(H,13,14). The lowest BCUT2D eigenvalue weighted by Gasteiger charge is -2.07. The van der Waals surface area contributed by atoms with Crippen molar-refractivity contribution >= 4 is 22.7 Å². The largest absolute Gasteiger partial charge is 0.326 e. The van der Waals surface area contributed by atoms with Crippen LogP contribution in [0, 0.1) is 6.92 Å². The Morgan fingerprint density at radius 3 is 2.67 bits per heavy atom. The molecule has 1 aromatic carbocycles. The fourth-order valence-electron chi connectivity index (χ4n) is 1.27. The van der Waals surface area contributed by atoms with Crippen molar-refractivity contribution in [2.75, 3.05) is 5.32 Å². The SMILES string of the molecule is CC(=O)Nc1ccc(CS(=O)O)c(C)c1. The quantitative estimate of drug-likeness (QED) is 0.772. The molecule has 0 radical (unpaired) electrons. The molecule has 2 N–H and O–H groups in total. The van der Waals surface area contributed by atoms with Crippen LogP contribution >= 0.6 is 0 Å². The highest BCUT2D eigenvalue weighted by atomic mass is 32.2. The Morgan fingerprint density at radius 2 is 2.20 bits per heavy atom. The van der Waals surface area contributed by atoms with Crippen molar-refractivity contribution in [2.45, 2.75) is 19.6 Å². The zero-order valence-corrected chi connectivity index (χ0v) is 9.43. The Bertz CT molecular complexity index is 404. The van der Waals surface area contributed by atoms with Gasteiger partial charge in [0.15, 0.2) is 11.1 Å². The van der Waals surface area contributed by atoms with Gasteiger partial charge >= 0.3 is 0 Å². The molecule has 0 heterocycles. The number of carbonyl (C=O) groups excluding carboxylic acids is 1. The van der Waals surface area contributed by atoms with Gasteiger partial charge in [0.25, 0.3) is 0 Å². The third-order valence-electron chi connectivity index (χ3n) is 1.94. The van der Waals surface area contributed by atoms with Gasteiger partial charge in [0.05, 0.1) is 5.75 Å². The minimum atomic E-state index is -1.83. The van der Waals surface area contributed by atoms with Gasteiger partial charge in [-0.05, 0) is 30.2 Å². The van der Waals surface area contributed by atoms with E-state index in [1.165, 1.54) is 6.92 Å². The van der Waals surface area contributed by atoms with Crippen LogP contribution in [0.1, 0.15) is 18.1 Å². The zero-order valence-electron chi connectivity index (χ0n) is 8.61. The molecule has 15 heavy (non-hydrogen) atoms. The fraction of sp³-hybridized carbons (Fsp3) is 0.300. The maximum absolute atomic E-state index is 10.8. The van der Waals surface area contributed by atoms with Crippen LogP contribution in [0.2, 0.25) is 0 Å². The number of carbonyl (C=O) groups is 1. The first-order chi connectivity index (χ1) is 6.99.